The average molecular weight is 708 g/mol. The van der Waals surface area contributed by atoms with E-state index in [0.29, 0.717) is 12.8 Å². The monoisotopic (exact) mass is 708 g/mol. The molecule has 0 aromatic heterocycles. The van der Waals surface area contributed by atoms with Crippen LogP contribution in [0, 0.1) is 0 Å². The predicted octanol–water partition coefficient (Wildman–Crippen LogP) is 14.5. The van der Waals surface area contributed by atoms with Crippen LogP contribution in [0.1, 0.15) is 271 Å². The van der Waals surface area contributed by atoms with E-state index in [1.165, 1.54) is 218 Å². The Balaban J connectivity index is 3.41. The third-order valence-corrected chi connectivity index (χ3v) is 11.1. The number of rotatable bonds is 43. The van der Waals surface area contributed by atoms with Crippen LogP contribution in [-0.2, 0) is 4.79 Å². The Bertz CT molecular complexity index is 641. The Kier molecular flexibility index (Phi) is 42.3. The molecular formula is C46H93NO3. The first-order valence-corrected chi connectivity index (χ1v) is 23.2. The number of carbonyl (C=O) groups excluding carboxylic acids is 1. The van der Waals surface area contributed by atoms with Gasteiger partial charge in [0.1, 0.15) is 0 Å². The second-order valence-electron chi connectivity index (χ2n) is 16.2. The molecule has 0 aliphatic rings. The molecule has 0 aliphatic heterocycles. The summed E-state index contributed by atoms with van der Waals surface area (Å²) >= 11 is 0. The van der Waals surface area contributed by atoms with Crippen LogP contribution in [0.5, 0.6) is 0 Å². The van der Waals surface area contributed by atoms with Crippen LogP contribution in [0.15, 0.2) is 0 Å². The van der Waals surface area contributed by atoms with Crippen LogP contribution in [0.3, 0.4) is 0 Å². The summed E-state index contributed by atoms with van der Waals surface area (Å²) in [7, 11) is 0. The second kappa shape index (κ2) is 42.8. The molecule has 0 heterocycles. The van der Waals surface area contributed by atoms with Gasteiger partial charge in [-0.15, -0.1) is 0 Å². The Hall–Kier alpha value is -0.610. The van der Waals surface area contributed by atoms with Crippen molar-refractivity contribution in [2.75, 3.05) is 6.61 Å². The second-order valence-corrected chi connectivity index (χ2v) is 16.2. The first-order valence-electron chi connectivity index (χ1n) is 23.2. The van der Waals surface area contributed by atoms with E-state index in [1.807, 2.05) is 0 Å². The molecular weight excluding hydrogens is 615 g/mol. The van der Waals surface area contributed by atoms with Crippen molar-refractivity contribution in [3.8, 4) is 0 Å². The summed E-state index contributed by atoms with van der Waals surface area (Å²) < 4.78 is 0. The van der Waals surface area contributed by atoms with Crippen molar-refractivity contribution in [3.63, 3.8) is 0 Å². The minimum absolute atomic E-state index is 0.0254. The summed E-state index contributed by atoms with van der Waals surface area (Å²) in [4.78, 5) is 12.4. The molecule has 3 N–H and O–H groups in total. The molecule has 0 rings (SSSR count). The largest absolute Gasteiger partial charge is 0.394 e. The van der Waals surface area contributed by atoms with Crippen LogP contribution in [0.2, 0.25) is 0 Å². The van der Waals surface area contributed by atoms with Crippen molar-refractivity contribution < 1.29 is 15.0 Å². The summed E-state index contributed by atoms with van der Waals surface area (Å²) in [6.07, 6.45) is 51.9. The van der Waals surface area contributed by atoms with E-state index >= 15 is 0 Å². The maximum atomic E-state index is 12.4. The van der Waals surface area contributed by atoms with Gasteiger partial charge in [0, 0.05) is 6.42 Å². The van der Waals surface area contributed by atoms with E-state index < -0.39 is 12.1 Å². The minimum Gasteiger partial charge on any atom is -0.394 e. The molecule has 4 heteroatoms. The summed E-state index contributed by atoms with van der Waals surface area (Å²) in [6, 6.07) is -0.529. The molecule has 2 unspecified atom stereocenters. The van der Waals surface area contributed by atoms with E-state index in [4.69, 9.17) is 0 Å². The van der Waals surface area contributed by atoms with Crippen LogP contribution in [-0.4, -0.2) is 34.9 Å². The zero-order valence-corrected chi connectivity index (χ0v) is 34.4. The zero-order chi connectivity index (χ0) is 36.4. The van der Waals surface area contributed by atoms with Gasteiger partial charge in [0.25, 0.3) is 0 Å². The van der Waals surface area contributed by atoms with Gasteiger partial charge < -0.3 is 15.5 Å². The molecule has 4 nitrogen and oxygen atoms in total. The van der Waals surface area contributed by atoms with Crippen LogP contribution >= 0.6 is 0 Å². The fourth-order valence-electron chi connectivity index (χ4n) is 7.54. The highest BCUT2D eigenvalue weighted by Gasteiger charge is 2.20. The van der Waals surface area contributed by atoms with Crippen molar-refractivity contribution in [1.29, 1.82) is 0 Å². The van der Waals surface area contributed by atoms with E-state index in [2.05, 4.69) is 19.2 Å². The van der Waals surface area contributed by atoms with Gasteiger partial charge in [0.05, 0.1) is 18.8 Å². The Morgan fingerprint density at radius 3 is 0.900 bits per heavy atom. The van der Waals surface area contributed by atoms with Gasteiger partial charge in [0.2, 0.25) is 5.91 Å². The molecule has 0 aliphatic carbocycles. The minimum atomic E-state index is -0.652. The van der Waals surface area contributed by atoms with Crippen molar-refractivity contribution in [2.45, 2.75) is 283 Å². The van der Waals surface area contributed by atoms with Gasteiger partial charge in [-0.25, -0.2) is 0 Å². The van der Waals surface area contributed by atoms with Gasteiger partial charge in [-0.2, -0.15) is 0 Å². The Labute approximate surface area is 314 Å². The molecule has 0 fully saturated rings. The van der Waals surface area contributed by atoms with Crippen LogP contribution < -0.4 is 5.32 Å². The van der Waals surface area contributed by atoms with E-state index in [1.54, 1.807) is 0 Å². The topological polar surface area (TPSA) is 69.6 Å². The smallest absolute Gasteiger partial charge is 0.220 e. The highest BCUT2D eigenvalue weighted by Crippen LogP contribution is 2.17. The zero-order valence-electron chi connectivity index (χ0n) is 34.4. The quantitative estimate of drug-likeness (QED) is 0.0553. The van der Waals surface area contributed by atoms with E-state index in [0.717, 1.165) is 25.7 Å². The molecule has 0 radical (unpaired) electrons. The number of amides is 1. The summed E-state index contributed by atoms with van der Waals surface area (Å²) in [5, 5.41) is 23.2. The number of aliphatic hydroxyl groups is 2. The fraction of sp³-hybridized carbons (Fsp3) is 0.978. The molecule has 300 valence electrons. The first kappa shape index (κ1) is 49.4. The predicted molar refractivity (Wildman–Crippen MR) is 221 cm³/mol. The number of aliphatic hydroxyl groups excluding tert-OH is 2. The third kappa shape index (κ3) is 38.6. The highest BCUT2D eigenvalue weighted by molar-refractivity contribution is 5.76. The normalized spacial score (nSPS) is 12.8. The standard InChI is InChI=1S/C46H93NO3/c1-3-5-7-9-11-13-15-17-18-19-20-21-22-23-24-25-26-27-28-30-32-34-36-38-40-42-46(50)47-44(43-48)45(49)41-39-37-35-33-31-29-16-14-12-10-8-6-4-2/h44-45,48-49H,3-43H2,1-2H3,(H,47,50). The van der Waals surface area contributed by atoms with Gasteiger partial charge in [-0.05, 0) is 12.8 Å². The number of hydrogen-bond donors (Lipinski definition) is 3. The average Bonchev–Trinajstić information content (AvgIpc) is 3.12. The van der Waals surface area contributed by atoms with Crippen LogP contribution in [0.4, 0.5) is 0 Å². The lowest BCUT2D eigenvalue weighted by molar-refractivity contribution is -0.123. The number of carbonyl (C=O) groups is 1. The highest BCUT2D eigenvalue weighted by atomic mass is 16.3. The van der Waals surface area contributed by atoms with Gasteiger partial charge in [-0.1, -0.05) is 251 Å². The molecule has 1 amide bonds. The third-order valence-electron chi connectivity index (χ3n) is 11.1. The number of hydrogen-bond acceptors (Lipinski definition) is 3. The summed E-state index contributed by atoms with van der Waals surface area (Å²) in [6.45, 7) is 4.38. The van der Waals surface area contributed by atoms with Crippen molar-refractivity contribution in [1.82, 2.24) is 5.32 Å². The molecule has 2 atom stereocenters. The van der Waals surface area contributed by atoms with Crippen LogP contribution in [0.25, 0.3) is 0 Å². The molecule has 0 bridgehead atoms. The molecule has 0 saturated carbocycles. The lowest BCUT2D eigenvalue weighted by Crippen LogP contribution is -2.45. The van der Waals surface area contributed by atoms with Crippen molar-refractivity contribution in [2.24, 2.45) is 0 Å². The SMILES string of the molecule is CCCCCCCCCCCCCCCCCCCCCCCCCCCC(=O)NC(CO)C(O)CCCCCCCCCCCCCCC. The fourth-order valence-corrected chi connectivity index (χ4v) is 7.54. The molecule has 0 aromatic rings. The number of unbranched alkanes of at least 4 members (excludes halogenated alkanes) is 36. The Morgan fingerprint density at radius 1 is 0.400 bits per heavy atom. The summed E-state index contributed by atoms with van der Waals surface area (Å²) in [5.74, 6) is -0.0254. The molecule has 0 aromatic carbocycles. The summed E-state index contributed by atoms with van der Waals surface area (Å²) in [5.41, 5.74) is 0. The lowest BCUT2D eigenvalue weighted by atomic mass is 10.0. The van der Waals surface area contributed by atoms with Gasteiger partial charge in [0.15, 0.2) is 0 Å². The molecule has 0 saturated heterocycles. The number of nitrogens with one attached hydrogen (secondary N) is 1. The lowest BCUT2D eigenvalue weighted by Gasteiger charge is -2.22. The maximum absolute atomic E-state index is 12.4. The maximum Gasteiger partial charge on any atom is 0.220 e. The molecule has 50 heavy (non-hydrogen) atoms. The Morgan fingerprint density at radius 2 is 0.640 bits per heavy atom. The van der Waals surface area contributed by atoms with E-state index in [9.17, 15) is 15.0 Å². The van der Waals surface area contributed by atoms with Crippen molar-refractivity contribution >= 4 is 5.91 Å². The first-order chi connectivity index (χ1) is 24.7. The van der Waals surface area contributed by atoms with Gasteiger partial charge >= 0.3 is 0 Å². The van der Waals surface area contributed by atoms with Crippen molar-refractivity contribution in [3.05, 3.63) is 0 Å². The van der Waals surface area contributed by atoms with E-state index in [-0.39, 0.29) is 12.5 Å². The van der Waals surface area contributed by atoms with Gasteiger partial charge in [-0.3, -0.25) is 4.79 Å². The molecule has 0 spiro atoms.